The van der Waals surface area contributed by atoms with Gasteiger partial charge in [0, 0.05) is 18.7 Å². The van der Waals surface area contributed by atoms with E-state index in [1.807, 2.05) is 37.3 Å². The third kappa shape index (κ3) is 5.76. The number of nitrogens with one attached hydrogen (secondary N) is 1. The number of thioether (sulfide) groups is 1. The molecule has 2 aromatic carbocycles. The highest BCUT2D eigenvalue weighted by Crippen LogP contribution is 2.26. The Balaban J connectivity index is 1.64. The second kappa shape index (κ2) is 10.8. The Morgan fingerprint density at radius 2 is 1.81 bits per heavy atom. The number of benzene rings is 2. The van der Waals surface area contributed by atoms with Crippen molar-refractivity contribution in [2.45, 2.75) is 36.9 Å². The number of amides is 1. The fraction of sp³-hybridized carbons (Fsp3) is 0.318. The van der Waals surface area contributed by atoms with Crippen molar-refractivity contribution in [1.82, 2.24) is 19.8 Å². The van der Waals surface area contributed by atoms with Crippen LogP contribution in [0.4, 0.5) is 0 Å². The molecule has 0 unspecified atom stereocenters. The second-order valence-electron chi connectivity index (χ2n) is 6.98. The fourth-order valence-corrected chi connectivity index (χ4v) is 5.20. The summed E-state index contributed by atoms with van der Waals surface area (Å²) in [5.41, 5.74) is 1.52. The lowest BCUT2D eigenvalue weighted by molar-refractivity contribution is -0.119. The van der Waals surface area contributed by atoms with Crippen molar-refractivity contribution in [2.75, 3.05) is 18.8 Å². The summed E-state index contributed by atoms with van der Waals surface area (Å²) in [7, 11) is -3.60. The molecule has 0 aliphatic heterocycles. The van der Waals surface area contributed by atoms with Crippen molar-refractivity contribution in [3.63, 3.8) is 0 Å². The maximum absolute atomic E-state index is 12.8. The molecule has 0 spiro atoms. The van der Waals surface area contributed by atoms with Gasteiger partial charge in [-0.2, -0.15) is 4.31 Å². The SMILES string of the molecule is CCN(CC)S(=O)(=O)c1cccc(-c2nnc(SCC(=O)N[C@@H](C)c3ccccc3)o2)c1. The van der Waals surface area contributed by atoms with Crippen LogP contribution in [0, 0.1) is 0 Å². The van der Waals surface area contributed by atoms with Crippen LogP contribution in [0.1, 0.15) is 32.4 Å². The third-order valence-corrected chi connectivity index (χ3v) is 7.70. The molecule has 3 rings (SSSR count). The minimum atomic E-state index is -3.60. The van der Waals surface area contributed by atoms with E-state index in [0.717, 1.165) is 17.3 Å². The van der Waals surface area contributed by atoms with E-state index >= 15 is 0 Å². The lowest BCUT2D eigenvalue weighted by atomic mass is 10.1. The molecule has 0 radical (unpaired) electrons. The molecule has 0 bridgehead atoms. The van der Waals surface area contributed by atoms with E-state index in [1.54, 1.807) is 32.0 Å². The Morgan fingerprint density at radius 3 is 2.50 bits per heavy atom. The van der Waals surface area contributed by atoms with Gasteiger partial charge in [0.2, 0.25) is 21.8 Å². The molecule has 3 aromatic rings. The van der Waals surface area contributed by atoms with Crippen LogP contribution in [0.3, 0.4) is 0 Å². The van der Waals surface area contributed by atoms with Crippen molar-refractivity contribution in [1.29, 1.82) is 0 Å². The molecule has 0 fully saturated rings. The zero-order chi connectivity index (χ0) is 23.1. The number of rotatable bonds is 10. The van der Waals surface area contributed by atoms with Crippen LogP contribution in [-0.4, -0.2) is 47.7 Å². The summed E-state index contributed by atoms with van der Waals surface area (Å²) in [6.45, 7) is 6.28. The molecule has 1 atom stereocenters. The number of aromatic nitrogens is 2. The first kappa shape index (κ1) is 24.0. The second-order valence-corrected chi connectivity index (χ2v) is 9.84. The van der Waals surface area contributed by atoms with Gasteiger partial charge >= 0.3 is 0 Å². The van der Waals surface area contributed by atoms with Gasteiger partial charge in [-0.15, -0.1) is 10.2 Å². The molecule has 1 aromatic heterocycles. The smallest absolute Gasteiger partial charge is 0.277 e. The lowest BCUT2D eigenvalue weighted by Gasteiger charge is -2.18. The minimum absolute atomic E-state index is 0.113. The van der Waals surface area contributed by atoms with E-state index in [4.69, 9.17) is 4.42 Å². The van der Waals surface area contributed by atoms with Gasteiger partial charge in [0.25, 0.3) is 5.22 Å². The number of hydrogen-bond acceptors (Lipinski definition) is 7. The molecule has 170 valence electrons. The summed E-state index contributed by atoms with van der Waals surface area (Å²) in [6, 6.07) is 16.0. The highest BCUT2D eigenvalue weighted by molar-refractivity contribution is 7.99. The molecular weight excluding hydrogens is 448 g/mol. The van der Waals surface area contributed by atoms with Gasteiger partial charge in [0.1, 0.15) is 0 Å². The molecule has 32 heavy (non-hydrogen) atoms. The van der Waals surface area contributed by atoms with Gasteiger partial charge in [-0.25, -0.2) is 8.42 Å². The molecule has 1 heterocycles. The van der Waals surface area contributed by atoms with Crippen LogP contribution in [-0.2, 0) is 14.8 Å². The monoisotopic (exact) mass is 474 g/mol. The predicted molar refractivity (Wildman–Crippen MR) is 124 cm³/mol. The first-order valence-electron chi connectivity index (χ1n) is 10.3. The molecule has 0 aliphatic carbocycles. The first-order chi connectivity index (χ1) is 15.3. The van der Waals surface area contributed by atoms with Crippen molar-refractivity contribution in [3.05, 3.63) is 60.2 Å². The summed E-state index contributed by atoms with van der Waals surface area (Å²) in [6.07, 6.45) is 0. The maximum atomic E-state index is 12.8. The highest BCUT2D eigenvalue weighted by Gasteiger charge is 2.22. The van der Waals surface area contributed by atoms with Crippen molar-refractivity contribution >= 4 is 27.7 Å². The molecule has 8 nitrogen and oxygen atoms in total. The topological polar surface area (TPSA) is 105 Å². The van der Waals surface area contributed by atoms with Gasteiger partial charge in [-0.3, -0.25) is 4.79 Å². The van der Waals surface area contributed by atoms with E-state index in [0.29, 0.717) is 18.7 Å². The van der Waals surface area contributed by atoms with Crippen LogP contribution in [0.5, 0.6) is 0 Å². The summed E-state index contributed by atoms with van der Waals surface area (Å²) < 4.78 is 32.6. The fourth-order valence-electron chi connectivity index (χ4n) is 3.12. The molecule has 0 saturated carbocycles. The summed E-state index contributed by atoms with van der Waals surface area (Å²) in [4.78, 5) is 12.4. The molecule has 0 aliphatic rings. The van der Waals surface area contributed by atoms with Gasteiger partial charge in [0.05, 0.1) is 16.7 Å². The molecule has 1 N–H and O–H groups in total. The highest BCUT2D eigenvalue weighted by atomic mass is 32.2. The van der Waals surface area contributed by atoms with Crippen molar-refractivity contribution in [2.24, 2.45) is 0 Å². The Bertz CT molecular complexity index is 1150. The Hall–Kier alpha value is -2.69. The Morgan fingerprint density at radius 1 is 1.09 bits per heavy atom. The quantitative estimate of drug-likeness (QED) is 0.446. The van der Waals surface area contributed by atoms with E-state index in [2.05, 4.69) is 15.5 Å². The number of sulfonamides is 1. The standard InChI is InChI=1S/C22H26N4O4S2/c1-4-26(5-2)32(28,29)19-13-9-12-18(14-19)21-24-25-22(30-21)31-15-20(27)23-16(3)17-10-7-6-8-11-17/h6-14,16H,4-5,15H2,1-3H3,(H,23,27)/t16-/m0/s1. The van der Waals surface area contributed by atoms with E-state index in [1.165, 1.54) is 10.4 Å². The number of carbonyl (C=O) groups excluding carboxylic acids is 1. The Kier molecular flexibility index (Phi) is 8.05. The molecule has 1 amide bonds. The zero-order valence-electron chi connectivity index (χ0n) is 18.2. The van der Waals surface area contributed by atoms with Crippen LogP contribution >= 0.6 is 11.8 Å². The minimum Gasteiger partial charge on any atom is -0.411 e. The van der Waals surface area contributed by atoms with Gasteiger partial charge < -0.3 is 9.73 Å². The third-order valence-electron chi connectivity index (χ3n) is 4.83. The largest absolute Gasteiger partial charge is 0.411 e. The van der Waals surface area contributed by atoms with Crippen LogP contribution in [0.25, 0.3) is 11.5 Å². The molecule has 0 saturated heterocycles. The summed E-state index contributed by atoms with van der Waals surface area (Å²) in [5.74, 6) is 0.162. The zero-order valence-corrected chi connectivity index (χ0v) is 19.8. The van der Waals surface area contributed by atoms with Crippen LogP contribution in [0.15, 0.2) is 69.1 Å². The number of nitrogens with zero attached hydrogens (tertiary/aromatic N) is 3. The molecule has 10 heteroatoms. The van der Waals surface area contributed by atoms with Gasteiger partial charge in [0.15, 0.2) is 0 Å². The maximum Gasteiger partial charge on any atom is 0.277 e. The van der Waals surface area contributed by atoms with E-state index in [9.17, 15) is 13.2 Å². The van der Waals surface area contributed by atoms with Crippen LogP contribution in [0.2, 0.25) is 0 Å². The summed E-state index contributed by atoms with van der Waals surface area (Å²) in [5, 5.41) is 11.1. The van der Waals surface area contributed by atoms with E-state index in [-0.39, 0.29) is 33.7 Å². The van der Waals surface area contributed by atoms with Gasteiger partial charge in [-0.05, 0) is 30.7 Å². The molecular formula is C22H26N4O4S2. The number of hydrogen-bond donors (Lipinski definition) is 1. The van der Waals surface area contributed by atoms with Crippen LogP contribution < -0.4 is 5.32 Å². The predicted octanol–water partition coefficient (Wildman–Crippen LogP) is 3.74. The van der Waals surface area contributed by atoms with E-state index < -0.39 is 10.0 Å². The normalized spacial score (nSPS) is 12.6. The van der Waals surface area contributed by atoms with Crippen molar-refractivity contribution in [3.8, 4) is 11.5 Å². The number of carbonyl (C=O) groups is 1. The average Bonchev–Trinajstić information content (AvgIpc) is 3.28. The Labute approximate surface area is 192 Å². The summed E-state index contributed by atoms with van der Waals surface area (Å²) >= 11 is 1.12. The lowest BCUT2D eigenvalue weighted by Crippen LogP contribution is -2.30. The van der Waals surface area contributed by atoms with Gasteiger partial charge in [-0.1, -0.05) is 62.0 Å². The first-order valence-corrected chi connectivity index (χ1v) is 12.7. The van der Waals surface area contributed by atoms with Crippen molar-refractivity contribution < 1.29 is 17.6 Å². The average molecular weight is 475 g/mol.